The molecule has 2 N–H and O–H groups in total. The SMILES string of the molecule is Cc1[nH]c2ccc(CCN3CCNCC3)cc2c1C. The van der Waals surface area contributed by atoms with Gasteiger partial charge in [-0.15, -0.1) is 0 Å². The molecule has 0 atom stereocenters. The smallest absolute Gasteiger partial charge is 0.0458 e. The zero-order valence-electron chi connectivity index (χ0n) is 11.9. The summed E-state index contributed by atoms with van der Waals surface area (Å²) in [5, 5.41) is 4.79. The van der Waals surface area contributed by atoms with Crippen molar-refractivity contribution in [1.82, 2.24) is 15.2 Å². The summed E-state index contributed by atoms with van der Waals surface area (Å²) < 4.78 is 0. The van der Waals surface area contributed by atoms with Crippen LogP contribution in [0.4, 0.5) is 0 Å². The Morgan fingerprint density at radius 1 is 1.16 bits per heavy atom. The van der Waals surface area contributed by atoms with E-state index in [1.807, 2.05) is 0 Å². The Kier molecular flexibility index (Phi) is 3.58. The number of hydrogen-bond acceptors (Lipinski definition) is 2. The van der Waals surface area contributed by atoms with Gasteiger partial charge >= 0.3 is 0 Å². The van der Waals surface area contributed by atoms with E-state index in [2.05, 4.69) is 47.2 Å². The molecule has 1 aliphatic heterocycles. The Balaban J connectivity index is 1.72. The van der Waals surface area contributed by atoms with Gasteiger partial charge in [0.2, 0.25) is 0 Å². The van der Waals surface area contributed by atoms with Crippen LogP contribution in [0.1, 0.15) is 16.8 Å². The predicted molar refractivity (Wildman–Crippen MR) is 80.8 cm³/mol. The van der Waals surface area contributed by atoms with E-state index in [0.29, 0.717) is 0 Å². The zero-order chi connectivity index (χ0) is 13.2. The summed E-state index contributed by atoms with van der Waals surface area (Å²) in [6.45, 7) is 10.2. The van der Waals surface area contributed by atoms with E-state index in [9.17, 15) is 0 Å². The summed E-state index contributed by atoms with van der Waals surface area (Å²) in [6, 6.07) is 6.85. The average molecular weight is 257 g/mol. The number of nitrogens with zero attached hydrogens (tertiary/aromatic N) is 1. The second kappa shape index (κ2) is 5.35. The predicted octanol–water partition coefficient (Wildman–Crippen LogP) is 2.23. The van der Waals surface area contributed by atoms with E-state index < -0.39 is 0 Å². The fourth-order valence-corrected chi connectivity index (χ4v) is 2.89. The molecule has 3 rings (SSSR count). The van der Waals surface area contributed by atoms with Crippen molar-refractivity contribution in [2.24, 2.45) is 0 Å². The Morgan fingerprint density at radius 3 is 2.74 bits per heavy atom. The van der Waals surface area contributed by atoms with Gasteiger partial charge in [0.25, 0.3) is 0 Å². The lowest BCUT2D eigenvalue weighted by Gasteiger charge is -2.27. The molecule has 2 heterocycles. The Bertz CT molecular complexity index is 565. The third-order valence-electron chi connectivity index (χ3n) is 4.30. The van der Waals surface area contributed by atoms with Crippen LogP contribution >= 0.6 is 0 Å². The summed E-state index contributed by atoms with van der Waals surface area (Å²) in [4.78, 5) is 5.99. The van der Waals surface area contributed by atoms with Crippen molar-refractivity contribution in [3.63, 3.8) is 0 Å². The maximum atomic E-state index is 3.44. The quantitative estimate of drug-likeness (QED) is 0.883. The Labute approximate surface area is 115 Å². The molecule has 0 aliphatic carbocycles. The molecule has 1 aromatic carbocycles. The molecule has 1 aliphatic rings. The molecule has 3 heteroatoms. The van der Waals surface area contributed by atoms with Crippen molar-refractivity contribution >= 4 is 10.9 Å². The third kappa shape index (κ3) is 2.67. The summed E-state index contributed by atoms with van der Waals surface area (Å²) >= 11 is 0. The van der Waals surface area contributed by atoms with Crippen LogP contribution in [-0.2, 0) is 6.42 Å². The lowest BCUT2D eigenvalue weighted by molar-refractivity contribution is 0.244. The summed E-state index contributed by atoms with van der Waals surface area (Å²) in [6.07, 6.45) is 1.15. The highest BCUT2D eigenvalue weighted by molar-refractivity contribution is 5.84. The van der Waals surface area contributed by atoms with Crippen molar-refractivity contribution < 1.29 is 0 Å². The first-order valence-electron chi connectivity index (χ1n) is 7.25. The molecule has 19 heavy (non-hydrogen) atoms. The monoisotopic (exact) mass is 257 g/mol. The van der Waals surface area contributed by atoms with Crippen LogP contribution in [0.3, 0.4) is 0 Å². The molecule has 0 bridgehead atoms. The first-order chi connectivity index (χ1) is 9.24. The van der Waals surface area contributed by atoms with E-state index in [0.717, 1.165) is 19.5 Å². The number of hydrogen-bond donors (Lipinski definition) is 2. The molecule has 102 valence electrons. The molecule has 1 aromatic heterocycles. The van der Waals surface area contributed by atoms with Gasteiger partial charge < -0.3 is 15.2 Å². The molecule has 1 saturated heterocycles. The van der Waals surface area contributed by atoms with E-state index in [1.165, 1.54) is 47.4 Å². The Morgan fingerprint density at radius 2 is 1.95 bits per heavy atom. The van der Waals surface area contributed by atoms with E-state index in [-0.39, 0.29) is 0 Å². The largest absolute Gasteiger partial charge is 0.358 e. The molecule has 0 unspecified atom stereocenters. The first kappa shape index (κ1) is 12.7. The summed E-state index contributed by atoms with van der Waals surface area (Å²) in [5.74, 6) is 0. The highest BCUT2D eigenvalue weighted by Crippen LogP contribution is 2.22. The minimum absolute atomic E-state index is 1.13. The second-order valence-corrected chi connectivity index (χ2v) is 5.60. The fourth-order valence-electron chi connectivity index (χ4n) is 2.89. The number of H-pyrrole nitrogens is 1. The number of nitrogens with one attached hydrogen (secondary N) is 2. The lowest BCUT2D eigenvalue weighted by atomic mass is 10.1. The molecule has 0 spiro atoms. The third-order valence-corrected chi connectivity index (χ3v) is 4.30. The van der Waals surface area contributed by atoms with Gasteiger partial charge in [0.15, 0.2) is 0 Å². The van der Waals surface area contributed by atoms with Gasteiger partial charge in [-0.05, 0) is 43.5 Å². The number of fused-ring (bicyclic) bond motifs is 1. The van der Waals surface area contributed by atoms with Gasteiger partial charge in [-0.3, -0.25) is 0 Å². The van der Waals surface area contributed by atoms with E-state index >= 15 is 0 Å². The van der Waals surface area contributed by atoms with Crippen LogP contribution in [0, 0.1) is 13.8 Å². The normalized spacial score (nSPS) is 17.2. The van der Waals surface area contributed by atoms with Gasteiger partial charge in [-0.2, -0.15) is 0 Å². The number of aromatic amines is 1. The summed E-state index contributed by atoms with van der Waals surface area (Å²) in [5.41, 5.74) is 5.39. The van der Waals surface area contributed by atoms with Crippen LogP contribution in [-0.4, -0.2) is 42.6 Å². The average Bonchev–Trinajstić information content (AvgIpc) is 2.73. The highest BCUT2D eigenvalue weighted by atomic mass is 15.2. The van der Waals surface area contributed by atoms with Gasteiger partial charge in [-0.25, -0.2) is 0 Å². The number of benzene rings is 1. The Hall–Kier alpha value is -1.32. The fraction of sp³-hybridized carbons (Fsp3) is 0.500. The molecular formula is C16H23N3. The van der Waals surface area contributed by atoms with E-state index in [1.54, 1.807) is 0 Å². The van der Waals surface area contributed by atoms with Crippen LogP contribution in [0.2, 0.25) is 0 Å². The number of aryl methyl sites for hydroxylation is 2. The molecule has 0 saturated carbocycles. The van der Waals surface area contributed by atoms with E-state index in [4.69, 9.17) is 0 Å². The first-order valence-corrected chi connectivity index (χ1v) is 7.25. The number of rotatable bonds is 3. The van der Waals surface area contributed by atoms with Gasteiger partial charge in [0.05, 0.1) is 0 Å². The van der Waals surface area contributed by atoms with Crippen molar-refractivity contribution in [2.75, 3.05) is 32.7 Å². The van der Waals surface area contributed by atoms with Crippen LogP contribution in [0.15, 0.2) is 18.2 Å². The van der Waals surface area contributed by atoms with Gasteiger partial charge in [0.1, 0.15) is 0 Å². The van der Waals surface area contributed by atoms with Crippen molar-refractivity contribution in [3.05, 3.63) is 35.0 Å². The minimum Gasteiger partial charge on any atom is -0.358 e. The number of piperazine rings is 1. The minimum atomic E-state index is 1.13. The zero-order valence-corrected chi connectivity index (χ0v) is 11.9. The van der Waals surface area contributed by atoms with Gasteiger partial charge in [0, 0.05) is 49.3 Å². The summed E-state index contributed by atoms with van der Waals surface area (Å²) in [7, 11) is 0. The topological polar surface area (TPSA) is 31.1 Å². The molecule has 0 radical (unpaired) electrons. The number of aromatic nitrogens is 1. The van der Waals surface area contributed by atoms with Crippen LogP contribution < -0.4 is 5.32 Å². The standard InChI is InChI=1S/C16H23N3/c1-12-13(2)18-16-4-3-14(11-15(12)16)5-8-19-9-6-17-7-10-19/h3-4,11,17-18H,5-10H2,1-2H3. The van der Waals surface area contributed by atoms with Crippen LogP contribution in [0.5, 0.6) is 0 Å². The second-order valence-electron chi connectivity index (χ2n) is 5.60. The van der Waals surface area contributed by atoms with Crippen molar-refractivity contribution in [2.45, 2.75) is 20.3 Å². The maximum Gasteiger partial charge on any atom is 0.0458 e. The highest BCUT2D eigenvalue weighted by Gasteiger charge is 2.10. The molecule has 1 fully saturated rings. The van der Waals surface area contributed by atoms with Gasteiger partial charge in [-0.1, -0.05) is 6.07 Å². The lowest BCUT2D eigenvalue weighted by Crippen LogP contribution is -2.44. The molecule has 3 nitrogen and oxygen atoms in total. The van der Waals surface area contributed by atoms with Crippen LogP contribution in [0.25, 0.3) is 10.9 Å². The molecular weight excluding hydrogens is 234 g/mol. The maximum absolute atomic E-state index is 3.44. The molecule has 0 amide bonds. The van der Waals surface area contributed by atoms with Crippen molar-refractivity contribution in [1.29, 1.82) is 0 Å². The molecule has 2 aromatic rings. The van der Waals surface area contributed by atoms with Crippen molar-refractivity contribution in [3.8, 4) is 0 Å².